The lowest BCUT2D eigenvalue weighted by molar-refractivity contribution is -0.127. The Kier molecular flexibility index (Phi) is 5.37. The number of hydrogen-bond donors (Lipinski definition) is 2. The number of carbonyl (C=O) groups excluding carboxylic acids is 1. The second-order valence-corrected chi connectivity index (χ2v) is 5.93. The van der Waals surface area contributed by atoms with Gasteiger partial charge in [0.1, 0.15) is 0 Å². The molecule has 3 unspecified atom stereocenters. The number of nitrogens with two attached hydrogens (primary N) is 1. The fourth-order valence-corrected chi connectivity index (χ4v) is 3.01. The van der Waals surface area contributed by atoms with Crippen molar-refractivity contribution in [3.63, 3.8) is 0 Å². The van der Waals surface area contributed by atoms with Gasteiger partial charge in [-0.2, -0.15) is 0 Å². The third-order valence-corrected chi connectivity index (χ3v) is 4.55. The molecule has 1 aliphatic rings. The van der Waals surface area contributed by atoms with Crippen LogP contribution in [0.1, 0.15) is 44.4 Å². The SMILES string of the molecule is CCC(C)NC(=O)C(C)N1CCc2ccccc2C1CN. The summed E-state index contributed by atoms with van der Waals surface area (Å²) in [7, 11) is 0. The Morgan fingerprint density at radius 2 is 2.14 bits per heavy atom. The lowest BCUT2D eigenvalue weighted by Gasteiger charge is -2.40. The van der Waals surface area contributed by atoms with Crippen molar-refractivity contribution in [1.82, 2.24) is 10.2 Å². The predicted molar refractivity (Wildman–Crippen MR) is 86.0 cm³/mol. The maximum atomic E-state index is 12.4. The summed E-state index contributed by atoms with van der Waals surface area (Å²) in [5.41, 5.74) is 8.63. The van der Waals surface area contributed by atoms with E-state index in [-0.39, 0.29) is 24.0 Å². The fourth-order valence-electron chi connectivity index (χ4n) is 3.01. The van der Waals surface area contributed by atoms with Crippen LogP contribution < -0.4 is 11.1 Å². The highest BCUT2D eigenvalue weighted by molar-refractivity contribution is 5.81. The van der Waals surface area contributed by atoms with Gasteiger partial charge in [0.05, 0.1) is 6.04 Å². The minimum Gasteiger partial charge on any atom is -0.352 e. The maximum Gasteiger partial charge on any atom is 0.237 e. The Morgan fingerprint density at radius 1 is 1.43 bits per heavy atom. The van der Waals surface area contributed by atoms with Crippen LogP contribution in [0.25, 0.3) is 0 Å². The average Bonchev–Trinajstić information content (AvgIpc) is 2.52. The van der Waals surface area contributed by atoms with Crippen molar-refractivity contribution >= 4 is 5.91 Å². The van der Waals surface area contributed by atoms with Gasteiger partial charge < -0.3 is 11.1 Å². The van der Waals surface area contributed by atoms with Crippen LogP contribution in [-0.2, 0) is 11.2 Å². The molecular weight excluding hydrogens is 262 g/mol. The van der Waals surface area contributed by atoms with E-state index in [2.05, 4.69) is 41.4 Å². The largest absolute Gasteiger partial charge is 0.352 e. The molecule has 1 aliphatic heterocycles. The molecular formula is C17H27N3O. The summed E-state index contributed by atoms with van der Waals surface area (Å²) in [4.78, 5) is 14.6. The number of hydrogen-bond acceptors (Lipinski definition) is 3. The monoisotopic (exact) mass is 289 g/mol. The zero-order chi connectivity index (χ0) is 15.4. The average molecular weight is 289 g/mol. The Labute approximate surface area is 127 Å². The molecule has 1 aromatic carbocycles. The number of carbonyl (C=O) groups is 1. The molecule has 0 aliphatic carbocycles. The topological polar surface area (TPSA) is 58.4 Å². The lowest BCUT2D eigenvalue weighted by atomic mass is 9.91. The number of benzene rings is 1. The maximum absolute atomic E-state index is 12.4. The lowest BCUT2D eigenvalue weighted by Crippen LogP contribution is -2.52. The van der Waals surface area contributed by atoms with E-state index in [4.69, 9.17) is 5.73 Å². The van der Waals surface area contributed by atoms with Gasteiger partial charge in [-0.25, -0.2) is 0 Å². The molecule has 4 heteroatoms. The summed E-state index contributed by atoms with van der Waals surface area (Å²) in [6.45, 7) is 7.52. The molecule has 4 nitrogen and oxygen atoms in total. The van der Waals surface area contributed by atoms with Gasteiger partial charge in [-0.1, -0.05) is 31.2 Å². The molecule has 2 rings (SSSR count). The van der Waals surface area contributed by atoms with Crippen molar-refractivity contribution in [1.29, 1.82) is 0 Å². The summed E-state index contributed by atoms with van der Waals surface area (Å²) in [6.07, 6.45) is 1.93. The number of nitrogens with one attached hydrogen (secondary N) is 1. The molecule has 1 amide bonds. The van der Waals surface area contributed by atoms with Crippen LogP contribution in [0.3, 0.4) is 0 Å². The number of fused-ring (bicyclic) bond motifs is 1. The van der Waals surface area contributed by atoms with E-state index < -0.39 is 0 Å². The van der Waals surface area contributed by atoms with Gasteiger partial charge in [-0.3, -0.25) is 9.69 Å². The van der Waals surface area contributed by atoms with E-state index in [0.29, 0.717) is 6.54 Å². The molecule has 1 heterocycles. The molecule has 1 aromatic rings. The molecule has 0 saturated carbocycles. The van der Waals surface area contributed by atoms with E-state index in [0.717, 1.165) is 19.4 Å². The molecule has 116 valence electrons. The molecule has 0 aromatic heterocycles. The van der Waals surface area contributed by atoms with Gasteiger partial charge in [-0.15, -0.1) is 0 Å². The normalized spacial score (nSPS) is 21.4. The van der Waals surface area contributed by atoms with E-state index >= 15 is 0 Å². The van der Waals surface area contributed by atoms with Crippen molar-refractivity contribution < 1.29 is 4.79 Å². The smallest absolute Gasteiger partial charge is 0.237 e. The molecule has 0 spiro atoms. The molecule has 3 atom stereocenters. The summed E-state index contributed by atoms with van der Waals surface area (Å²) in [6, 6.07) is 8.62. The Balaban J connectivity index is 2.15. The first-order valence-electron chi connectivity index (χ1n) is 7.92. The van der Waals surface area contributed by atoms with Crippen LogP contribution in [-0.4, -0.2) is 36.0 Å². The van der Waals surface area contributed by atoms with Crippen LogP contribution in [0.5, 0.6) is 0 Å². The van der Waals surface area contributed by atoms with Crippen LogP contribution in [0.4, 0.5) is 0 Å². The first-order valence-corrected chi connectivity index (χ1v) is 7.92. The van der Waals surface area contributed by atoms with Gasteiger partial charge in [0, 0.05) is 25.2 Å². The second kappa shape index (κ2) is 7.05. The number of amides is 1. The van der Waals surface area contributed by atoms with Gasteiger partial charge in [0.15, 0.2) is 0 Å². The summed E-state index contributed by atoms with van der Waals surface area (Å²) < 4.78 is 0. The van der Waals surface area contributed by atoms with Gasteiger partial charge in [-0.05, 0) is 37.8 Å². The number of rotatable bonds is 5. The van der Waals surface area contributed by atoms with Crippen molar-refractivity contribution in [3.05, 3.63) is 35.4 Å². The van der Waals surface area contributed by atoms with Crippen LogP contribution >= 0.6 is 0 Å². The highest BCUT2D eigenvalue weighted by Crippen LogP contribution is 2.30. The summed E-state index contributed by atoms with van der Waals surface area (Å²) >= 11 is 0. The first-order chi connectivity index (χ1) is 10.1. The van der Waals surface area contributed by atoms with Crippen molar-refractivity contribution in [2.45, 2.75) is 51.7 Å². The van der Waals surface area contributed by atoms with E-state index in [1.807, 2.05) is 13.8 Å². The third-order valence-electron chi connectivity index (χ3n) is 4.55. The van der Waals surface area contributed by atoms with Gasteiger partial charge in [0.2, 0.25) is 5.91 Å². The molecule has 0 radical (unpaired) electrons. The molecule has 21 heavy (non-hydrogen) atoms. The van der Waals surface area contributed by atoms with E-state index in [9.17, 15) is 4.79 Å². The fraction of sp³-hybridized carbons (Fsp3) is 0.588. The van der Waals surface area contributed by atoms with Crippen molar-refractivity contribution in [2.75, 3.05) is 13.1 Å². The van der Waals surface area contributed by atoms with Crippen LogP contribution in [0, 0.1) is 0 Å². The number of nitrogens with zero attached hydrogens (tertiary/aromatic N) is 1. The van der Waals surface area contributed by atoms with Crippen LogP contribution in [0.2, 0.25) is 0 Å². The van der Waals surface area contributed by atoms with Crippen molar-refractivity contribution in [3.8, 4) is 0 Å². The van der Waals surface area contributed by atoms with Gasteiger partial charge >= 0.3 is 0 Å². The first kappa shape index (κ1) is 16.0. The second-order valence-electron chi connectivity index (χ2n) is 5.93. The summed E-state index contributed by atoms with van der Waals surface area (Å²) in [5, 5.41) is 3.07. The van der Waals surface area contributed by atoms with Crippen molar-refractivity contribution in [2.24, 2.45) is 5.73 Å². The molecule has 0 saturated heterocycles. The molecule has 0 bridgehead atoms. The Morgan fingerprint density at radius 3 is 2.81 bits per heavy atom. The zero-order valence-electron chi connectivity index (χ0n) is 13.3. The highest BCUT2D eigenvalue weighted by atomic mass is 16.2. The quantitative estimate of drug-likeness (QED) is 0.869. The molecule has 0 fully saturated rings. The highest BCUT2D eigenvalue weighted by Gasteiger charge is 2.32. The zero-order valence-corrected chi connectivity index (χ0v) is 13.3. The predicted octanol–water partition coefficient (Wildman–Crippen LogP) is 1.85. The third kappa shape index (κ3) is 3.44. The van der Waals surface area contributed by atoms with Gasteiger partial charge in [0.25, 0.3) is 0 Å². The summed E-state index contributed by atoms with van der Waals surface area (Å²) in [5.74, 6) is 0.0992. The standard InChI is InChI=1S/C17H27N3O/c1-4-12(2)19-17(21)13(3)20-10-9-14-7-5-6-8-15(14)16(20)11-18/h5-8,12-13,16H,4,9-11,18H2,1-3H3,(H,19,21). The minimum absolute atomic E-state index is 0.0992. The van der Waals surface area contributed by atoms with Crippen LogP contribution in [0.15, 0.2) is 24.3 Å². The minimum atomic E-state index is -0.152. The van der Waals surface area contributed by atoms with E-state index in [1.165, 1.54) is 11.1 Å². The van der Waals surface area contributed by atoms with E-state index in [1.54, 1.807) is 0 Å². The molecule has 3 N–H and O–H groups in total. The Hall–Kier alpha value is -1.39. The Bertz CT molecular complexity index is 489.